The summed E-state index contributed by atoms with van der Waals surface area (Å²) in [6.45, 7) is 1.38. The van der Waals surface area contributed by atoms with Crippen molar-refractivity contribution in [2.45, 2.75) is 12.5 Å². The Morgan fingerprint density at radius 3 is 3.16 bits per heavy atom. The molecule has 0 spiro atoms. The highest BCUT2D eigenvalue weighted by molar-refractivity contribution is 5.80. The maximum absolute atomic E-state index is 11.6. The van der Waals surface area contributed by atoms with Gasteiger partial charge in [0.2, 0.25) is 11.8 Å². The maximum atomic E-state index is 11.6. The Labute approximate surface area is 109 Å². The molecule has 3 N–H and O–H groups in total. The Morgan fingerprint density at radius 1 is 1.42 bits per heavy atom. The molecule has 0 saturated carbocycles. The zero-order valence-electron chi connectivity index (χ0n) is 10.6. The lowest BCUT2D eigenvalue weighted by atomic mass is 10.1. The SMILES string of the molecule is COc1cnc2[nH]cc(C3CC(=O)NCCN3)c2n1. The van der Waals surface area contributed by atoms with Crippen LogP contribution in [-0.2, 0) is 4.79 Å². The Kier molecular flexibility index (Phi) is 3.04. The molecule has 7 nitrogen and oxygen atoms in total. The van der Waals surface area contributed by atoms with Gasteiger partial charge in [0.15, 0.2) is 5.65 Å². The van der Waals surface area contributed by atoms with Gasteiger partial charge in [0.05, 0.1) is 13.3 Å². The largest absolute Gasteiger partial charge is 0.480 e. The molecule has 3 rings (SSSR count). The Morgan fingerprint density at radius 2 is 2.32 bits per heavy atom. The van der Waals surface area contributed by atoms with Crippen molar-refractivity contribution in [3.8, 4) is 5.88 Å². The second kappa shape index (κ2) is 4.85. The molecule has 1 aliphatic heterocycles. The van der Waals surface area contributed by atoms with Crippen LogP contribution in [-0.4, -0.2) is 41.1 Å². The summed E-state index contributed by atoms with van der Waals surface area (Å²) in [7, 11) is 1.56. The topological polar surface area (TPSA) is 91.9 Å². The number of hydrogen-bond donors (Lipinski definition) is 3. The summed E-state index contributed by atoms with van der Waals surface area (Å²) < 4.78 is 5.09. The molecule has 19 heavy (non-hydrogen) atoms. The number of carbonyl (C=O) groups excluding carboxylic acids is 1. The van der Waals surface area contributed by atoms with Gasteiger partial charge in [0, 0.05) is 37.3 Å². The third-order valence-corrected chi connectivity index (χ3v) is 3.20. The first kappa shape index (κ1) is 11.9. The molecule has 7 heteroatoms. The zero-order chi connectivity index (χ0) is 13.2. The van der Waals surface area contributed by atoms with Gasteiger partial charge < -0.3 is 20.4 Å². The first-order valence-corrected chi connectivity index (χ1v) is 6.16. The molecule has 2 aromatic rings. The second-order valence-electron chi connectivity index (χ2n) is 4.41. The minimum Gasteiger partial charge on any atom is -0.480 e. The number of ether oxygens (including phenoxy) is 1. The lowest BCUT2D eigenvalue weighted by molar-refractivity contribution is -0.121. The quantitative estimate of drug-likeness (QED) is 0.714. The number of rotatable bonds is 2. The van der Waals surface area contributed by atoms with Crippen molar-refractivity contribution in [3.63, 3.8) is 0 Å². The fourth-order valence-electron chi connectivity index (χ4n) is 2.26. The summed E-state index contributed by atoms with van der Waals surface area (Å²) in [6, 6.07) is -0.0577. The smallest absolute Gasteiger partial charge is 0.232 e. The Bertz CT molecular complexity index is 609. The van der Waals surface area contributed by atoms with Crippen LogP contribution in [0.25, 0.3) is 11.2 Å². The van der Waals surface area contributed by atoms with Gasteiger partial charge in [0.25, 0.3) is 0 Å². The van der Waals surface area contributed by atoms with E-state index in [1.54, 1.807) is 13.3 Å². The van der Waals surface area contributed by atoms with E-state index >= 15 is 0 Å². The molecule has 2 aromatic heterocycles. The maximum Gasteiger partial charge on any atom is 0.232 e. The second-order valence-corrected chi connectivity index (χ2v) is 4.41. The minimum atomic E-state index is -0.0577. The number of fused-ring (bicyclic) bond motifs is 1. The monoisotopic (exact) mass is 261 g/mol. The van der Waals surface area contributed by atoms with Crippen molar-refractivity contribution in [1.29, 1.82) is 0 Å². The Hall–Kier alpha value is -2.15. The van der Waals surface area contributed by atoms with E-state index in [4.69, 9.17) is 4.74 Å². The minimum absolute atomic E-state index is 0.0419. The predicted octanol–water partition coefficient (Wildman–Crippen LogP) is 0.117. The van der Waals surface area contributed by atoms with Gasteiger partial charge in [-0.25, -0.2) is 9.97 Å². The van der Waals surface area contributed by atoms with Crippen LogP contribution >= 0.6 is 0 Å². The molecule has 0 bridgehead atoms. The Balaban J connectivity index is 2.01. The number of aromatic amines is 1. The van der Waals surface area contributed by atoms with Crippen molar-refractivity contribution in [2.24, 2.45) is 0 Å². The third kappa shape index (κ3) is 2.24. The van der Waals surface area contributed by atoms with E-state index in [0.717, 1.165) is 17.6 Å². The first-order chi connectivity index (χ1) is 9.28. The van der Waals surface area contributed by atoms with Gasteiger partial charge in [-0.1, -0.05) is 0 Å². The van der Waals surface area contributed by atoms with Crippen LogP contribution in [0.15, 0.2) is 12.4 Å². The van der Waals surface area contributed by atoms with Gasteiger partial charge >= 0.3 is 0 Å². The number of aromatic nitrogens is 3. The number of nitrogens with zero attached hydrogens (tertiary/aromatic N) is 2. The van der Waals surface area contributed by atoms with E-state index in [9.17, 15) is 4.79 Å². The third-order valence-electron chi connectivity index (χ3n) is 3.20. The summed E-state index contributed by atoms with van der Waals surface area (Å²) in [5, 5.41) is 6.17. The normalized spacial score (nSPS) is 20.1. The number of amides is 1. The predicted molar refractivity (Wildman–Crippen MR) is 68.8 cm³/mol. The molecule has 0 aromatic carbocycles. The van der Waals surface area contributed by atoms with Gasteiger partial charge in [-0.15, -0.1) is 0 Å². The molecular weight excluding hydrogens is 246 g/mol. The highest BCUT2D eigenvalue weighted by Gasteiger charge is 2.22. The summed E-state index contributed by atoms with van der Waals surface area (Å²) in [5.41, 5.74) is 2.38. The molecule has 1 amide bonds. The van der Waals surface area contributed by atoms with Crippen LogP contribution in [0.5, 0.6) is 5.88 Å². The molecule has 0 radical (unpaired) electrons. The number of hydrogen-bond acceptors (Lipinski definition) is 5. The summed E-state index contributed by atoms with van der Waals surface area (Å²) in [4.78, 5) is 23.3. The van der Waals surface area contributed by atoms with E-state index < -0.39 is 0 Å². The van der Waals surface area contributed by atoms with E-state index in [-0.39, 0.29) is 11.9 Å². The van der Waals surface area contributed by atoms with E-state index in [1.807, 2.05) is 6.20 Å². The van der Waals surface area contributed by atoms with Crippen LogP contribution < -0.4 is 15.4 Å². The number of H-pyrrole nitrogens is 1. The number of methoxy groups -OCH3 is 1. The zero-order valence-corrected chi connectivity index (χ0v) is 10.6. The number of carbonyl (C=O) groups is 1. The van der Waals surface area contributed by atoms with Crippen LogP contribution in [0.3, 0.4) is 0 Å². The van der Waals surface area contributed by atoms with E-state index in [0.29, 0.717) is 24.5 Å². The van der Waals surface area contributed by atoms with E-state index in [2.05, 4.69) is 25.6 Å². The van der Waals surface area contributed by atoms with Crippen molar-refractivity contribution in [2.75, 3.05) is 20.2 Å². The molecule has 1 atom stereocenters. The first-order valence-electron chi connectivity index (χ1n) is 6.16. The molecule has 0 aliphatic carbocycles. The highest BCUT2D eigenvalue weighted by atomic mass is 16.5. The van der Waals surface area contributed by atoms with Crippen molar-refractivity contribution >= 4 is 17.1 Å². The fraction of sp³-hybridized carbons (Fsp3) is 0.417. The van der Waals surface area contributed by atoms with Crippen LogP contribution in [0.2, 0.25) is 0 Å². The van der Waals surface area contributed by atoms with Crippen molar-refractivity contribution in [1.82, 2.24) is 25.6 Å². The van der Waals surface area contributed by atoms with Crippen LogP contribution in [0.4, 0.5) is 0 Å². The lowest BCUT2D eigenvalue weighted by Gasteiger charge is -2.13. The summed E-state index contributed by atoms with van der Waals surface area (Å²) in [6.07, 6.45) is 3.81. The molecule has 1 fully saturated rings. The van der Waals surface area contributed by atoms with Crippen molar-refractivity contribution < 1.29 is 9.53 Å². The fourth-order valence-corrected chi connectivity index (χ4v) is 2.26. The molecule has 3 heterocycles. The molecule has 1 unspecified atom stereocenters. The highest BCUT2D eigenvalue weighted by Crippen LogP contribution is 2.25. The van der Waals surface area contributed by atoms with Gasteiger partial charge in [-0.2, -0.15) is 0 Å². The standard InChI is InChI=1S/C12H15N5O2/c1-19-10-6-16-12-11(17-10)7(5-15-12)8-4-9(18)14-3-2-13-8/h5-6,8,13H,2-4H2,1H3,(H,14,18)(H,15,16). The lowest BCUT2D eigenvalue weighted by Crippen LogP contribution is -2.24. The van der Waals surface area contributed by atoms with Crippen LogP contribution in [0, 0.1) is 0 Å². The van der Waals surface area contributed by atoms with Crippen molar-refractivity contribution in [3.05, 3.63) is 18.0 Å². The molecule has 1 saturated heterocycles. The average molecular weight is 261 g/mol. The molecule has 100 valence electrons. The van der Waals surface area contributed by atoms with Crippen LogP contribution in [0.1, 0.15) is 18.0 Å². The van der Waals surface area contributed by atoms with E-state index in [1.165, 1.54) is 0 Å². The van der Waals surface area contributed by atoms with Gasteiger partial charge in [-0.05, 0) is 0 Å². The van der Waals surface area contributed by atoms with Gasteiger partial charge in [-0.3, -0.25) is 4.79 Å². The molecule has 1 aliphatic rings. The summed E-state index contributed by atoms with van der Waals surface area (Å²) in [5.74, 6) is 0.506. The number of nitrogens with one attached hydrogen (secondary N) is 3. The molecular formula is C12H15N5O2. The average Bonchev–Trinajstić information content (AvgIpc) is 2.73. The summed E-state index contributed by atoms with van der Waals surface area (Å²) >= 11 is 0. The van der Waals surface area contributed by atoms with Gasteiger partial charge in [0.1, 0.15) is 5.52 Å².